The molecule has 30 heavy (non-hydrogen) atoms. The lowest BCUT2D eigenvalue weighted by molar-refractivity contribution is -0.132. The van der Waals surface area contributed by atoms with E-state index in [0.717, 1.165) is 0 Å². The van der Waals surface area contributed by atoms with Crippen LogP contribution in [0.4, 0.5) is 5.69 Å². The highest BCUT2D eigenvalue weighted by Gasteiger charge is 2.48. The predicted octanol–water partition coefficient (Wildman–Crippen LogP) is 3.69. The summed E-state index contributed by atoms with van der Waals surface area (Å²) in [6.45, 7) is 0. The fraction of sp³-hybridized carbons (Fsp3) is 0.0870. The number of hydrogen-bond donors (Lipinski definition) is 1. The number of carbonyl (C=O) groups excluding carboxylic acids is 3. The van der Waals surface area contributed by atoms with Crippen LogP contribution in [0.5, 0.6) is 0 Å². The number of ketones is 1. The summed E-state index contributed by atoms with van der Waals surface area (Å²) in [6, 6.07) is 16.9. The van der Waals surface area contributed by atoms with E-state index in [1.165, 1.54) is 30.4 Å². The Hall–Kier alpha value is -4.13. The van der Waals surface area contributed by atoms with Crippen LogP contribution in [0.2, 0.25) is 0 Å². The molecule has 0 radical (unpaired) electrons. The molecule has 1 fully saturated rings. The van der Waals surface area contributed by atoms with Crippen molar-refractivity contribution in [3.8, 4) is 0 Å². The van der Waals surface area contributed by atoms with E-state index in [0.29, 0.717) is 17.0 Å². The van der Waals surface area contributed by atoms with Crippen molar-refractivity contribution in [2.45, 2.75) is 6.04 Å². The molecule has 1 atom stereocenters. The molecular formula is C23H17NO6. The molecule has 2 heterocycles. The van der Waals surface area contributed by atoms with E-state index < -0.39 is 23.7 Å². The van der Waals surface area contributed by atoms with Crippen molar-refractivity contribution in [1.29, 1.82) is 0 Å². The first kappa shape index (κ1) is 19.2. The van der Waals surface area contributed by atoms with Gasteiger partial charge in [0.2, 0.25) is 0 Å². The van der Waals surface area contributed by atoms with Crippen LogP contribution < -0.4 is 4.90 Å². The fourth-order valence-corrected chi connectivity index (χ4v) is 3.47. The third kappa shape index (κ3) is 3.16. The van der Waals surface area contributed by atoms with Crippen molar-refractivity contribution >= 4 is 29.1 Å². The zero-order valence-electron chi connectivity index (χ0n) is 15.9. The van der Waals surface area contributed by atoms with Gasteiger partial charge >= 0.3 is 5.97 Å². The molecule has 4 rings (SSSR count). The summed E-state index contributed by atoms with van der Waals surface area (Å²) in [5, 5.41) is 10.9. The first-order chi connectivity index (χ1) is 14.5. The molecule has 7 nitrogen and oxygen atoms in total. The second-order valence-corrected chi connectivity index (χ2v) is 6.59. The summed E-state index contributed by atoms with van der Waals surface area (Å²) in [7, 11) is 1.25. The number of benzene rings is 2. The predicted molar refractivity (Wildman–Crippen MR) is 108 cm³/mol. The molecule has 0 spiro atoms. The van der Waals surface area contributed by atoms with Gasteiger partial charge in [0.25, 0.3) is 11.7 Å². The highest BCUT2D eigenvalue weighted by molar-refractivity contribution is 6.51. The molecule has 0 bridgehead atoms. The van der Waals surface area contributed by atoms with Crippen molar-refractivity contribution in [2.24, 2.45) is 0 Å². The van der Waals surface area contributed by atoms with Crippen LogP contribution in [0.1, 0.15) is 27.7 Å². The first-order valence-electron chi connectivity index (χ1n) is 9.11. The Labute approximate surface area is 171 Å². The van der Waals surface area contributed by atoms with Crippen molar-refractivity contribution in [1.82, 2.24) is 0 Å². The maximum absolute atomic E-state index is 13.0. The maximum Gasteiger partial charge on any atom is 0.337 e. The Kier molecular flexibility index (Phi) is 4.93. The highest BCUT2D eigenvalue weighted by Crippen LogP contribution is 2.42. The molecule has 7 heteroatoms. The summed E-state index contributed by atoms with van der Waals surface area (Å²) >= 11 is 0. The lowest BCUT2D eigenvalue weighted by Gasteiger charge is -2.23. The molecule has 1 unspecified atom stereocenters. The van der Waals surface area contributed by atoms with Crippen LogP contribution in [0.15, 0.2) is 83.0 Å². The average molecular weight is 403 g/mol. The van der Waals surface area contributed by atoms with Gasteiger partial charge in [-0.2, -0.15) is 0 Å². The Morgan fingerprint density at radius 2 is 1.73 bits per heavy atom. The lowest BCUT2D eigenvalue weighted by atomic mass is 9.99. The molecule has 3 aromatic rings. The number of amides is 1. The number of rotatable bonds is 4. The number of carbonyl (C=O) groups is 3. The number of aliphatic hydroxyl groups excluding tert-OH is 1. The topological polar surface area (TPSA) is 97.0 Å². The molecule has 1 aliphatic heterocycles. The highest BCUT2D eigenvalue weighted by atomic mass is 16.5. The summed E-state index contributed by atoms with van der Waals surface area (Å²) in [6.07, 6.45) is 1.42. The van der Waals surface area contributed by atoms with Gasteiger partial charge in [-0.1, -0.05) is 36.4 Å². The molecule has 1 amide bonds. The van der Waals surface area contributed by atoms with E-state index >= 15 is 0 Å². The number of Topliss-reactive ketones (excluding diaryl/α,β-unsaturated/α-hetero) is 1. The monoisotopic (exact) mass is 403 g/mol. The fourth-order valence-electron chi connectivity index (χ4n) is 3.47. The van der Waals surface area contributed by atoms with Gasteiger partial charge in [0.05, 0.1) is 24.5 Å². The van der Waals surface area contributed by atoms with E-state index in [2.05, 4.69) is 0 Å². The van der Waals surface area contributed by atoms with E-state index in [4.69, 9.17) is 9.15 Å². The van der Waals surface area contributed by atoms with Gasteiger partial charge in [-0.05, 0) is 30.3 Å². The van der Waals surface area contributed by atoms with E-state index in [9.17, 15) is 19.5 Å². The number of ether oxygens (including phenoxy) is 1. The largest absolute Gasteiger partial charge is 0.507 e. The zero-order chi connectivity index (χ0) is 21.3. The maximum atomic E-state index is 13.0. The third-order valence-electron chi connectivity index (χ3n) is 4.85. The van der Waals surface area contributed by atoms with E-state index in [1.54, 1.807) is 54.6 Å². The molecule has 0 saturated carbocycles. The van der Waals surface area contributed by atoms with Gasteiger partial charge in [0.15, 0.2) is 0 Å². The standard InChI is InChI=1S/C23H17NO6/c1-29-23(28)15-9-5-10-16(13-15)24-19(17-11-6-12-30-17)18(21(26)22(24)27)20(25)14-7-3-2-4-8-14/h2-13,19,25H,1H3/b20-18-. The summed E-state index contributed by atoms with van der Waals surface area (Å²) in [5.41, 5.74) is 0.826. The van der Waals surface area contributed by atoms with Crippen molar-refractivity contribution in [3.63, 3.8) is 0 Å². The summed E-state index contributed by atoms with van der Waals surface area (Å²) < 4.78 is 10.2. The van der Waals surface area contributed by atoms with Gasteiger partial charge in [0, 0.05) is 11.3 Å². The van der Waals surface area contributed by atoms with Crippen LogP contribution >= 0.6 is 0 Å². The number of furan rings is 1. The Morgan fingerprint density at radius 3 is 2.40 bits per heavy atom. The van der Waals surface area contributed by atoms with Crippen LogP contribution in [-0.2, 0) is 14.3 Å². The van der Waals surface area contributed by atoms with E-state index in [1.807, 2.05) is 0 Å². The minimum absolute atomic E-state index is 0.0929. The quantitative estimate of drug-likeness (QED) is 0.309. The van der Waals surface area contributed by atoms with Crippen LogP contribution in [0.25, 0.3) is 5.76 Å². The van der Waals surface area contributed by atoms with Gasteiger partial charge in [0.1, 0.15) is 17.6 Å². The third-order valence-corrected chi connectivity index (χ3v) is 4.85. The molecule has 2 aromatic carbocycles. The average Bonchev–Trinajstić information content (AvgIpc) is 3.40. The normalized spacial score (nSPS) is 17.9. The molecule has 1 saturated heterocycles. The van der Waals surface area contributed by atoms with Gasteiger partial charge in [-0.3, -0.25) is 14.5 Å². The van der Waals surface area contributed by atoms with Gasteiger partial charge < -0.3 is 14.3 Å². The van der Waals surface area contributed by atoms with Crippen molar-refractivity contribution < 1.29 is 28.6 Å². The number of hydrogen-bond acceptors (Lipinski definition) is 6. The molecular weight excluding hydrogens is 386 g/mol. The Morgan fingerprint density at radius 1 is 1.00 bits per heavy atom. The van der Waals surface area contributed by atoms with Gasteiger partial charge in [-0.15, -0.1) is 0 Å². The minimum Gasteiger partial charge on any atom is -0.507 e. The number of nitrogens with zero attached hydrogens (tertiary/aromatic N) is 1. The van der Waals surface area contributed by atoms with Crippen molar-refractivity contribution in [3.05, 3.63) is 95.5 Å². The molecule has 1 aliphatic rings. The van der Waals surface area contributed by atoms with Crippen LogP contribution in [0.3, 0.4) is 0 Å². The first-order valence-corrected chi connectivity index (χ1v) is 9.11. The second kappa shape index (κ2) is 7.71. The molecule has 1 N–H and O–H groups in total. The minimum atomic E-state index is -0.992. The SMILES string of the molecule is COC(=O)c1cccc(N2C(=O)C(=O)/C(=C(\O)c3ccccc3)C2c2ccco2)c1. The van der Waals surface area contributed by atoms with Crippen LogP contribution in [-0.4, -0.2) is 29.9 Å². The second-order valence-electron chi connectivity index (χ2n) is 6.59. The summed E-state index contributed by atoms with van der Waals surface area (Å²) in [4.78, 5) is 39.1. The number of aliphatic hydroxyl groups is 1. The molecule has 0 aliphatic carbocycles. The van der Waals surface area contributed by atoms with Gasteiger partial charge in [-0.25, -0.2) is 4.79 Å². The Bertz CT molecular complexity index is 1150. The Balaban J connectivity index is 1.91. The molecule has 1 aromatic heterocycles. The lowest BCUT2D eigenvalue weighted by Crippen LogP contribution is -2.29. The smallest absolute Gasteiger partial charge is 0.337 e. The number of anilines is 1. The van der Waals surface area contributed by atoms with E-state index in [-0.39, 0.29) is 16.9 Å². The van der Waals surface area contributed by atoms with Crippen molar-refractivity contribution in [2.75, 3.05) is 12.0 Å². The summed E-state index contributed by atoms with van der Waals surface area (Å²) in [5.74, 6) is -2.26. The van der Waals surface area contributed by atoms with Crippen LogP contribution in [0, 0.1) is 0 Å². The number of esters is 1. The number of methoxy groups -OCH3 is 1. The molecule has 150 valence electrons. The zero-order valence-corrected chi connectivity index (χ0v) is 15.9.